The van der Waals surface area contributed by atoms with E-state index in [1.165, 1.54) is 93.2 Å². The normalized spacial score (nSPS) is 11.9. The van der Waals surface area contributed by atoms with Gasteiger partial charge in [0.2, 0.25) is 0 Å². The molecule has 56 heavy (non-hydrogen) atoms. The van der Waals surface area contributed by atoms with Gasteiger partial charge < -0.3 is 9.97 Å². The summed E-state index contributed by atoms with van der Waals surface area (Å²) in [5.41, 5.74) is 15.2. The fourth-order valence-corrected chi connectivity index (χ4v) is 9.17. The smallest absolute Gasteiger partial charge is 0.0786 e. The molecule has 260 valence electrons. The summed E-state index contributed by atoms with van der Waals surface area (Å²) < 4.78 is 0. The van der Waals surface area contributed by atoms with E-state index in [0.29, 0.717) is 0 Å². The lowest BCUT2D eigenvalue weighted by Crippen LogP contribution is -1.91. The van der Waals surface area contributed by atoms with Crippen molar-refractivity contribution in [3.8, 4) is 44.5 Å². The zero-order valence-electron chi connectivity index (χ0n) is 30.3. The average molecular weight is 712 g/mol. The molecule has 0 saturated carbocycles. The number of nitrogens with zero attached hydrogens (tertiary/aromatic N) is 1. The van der Waals surface area contributed by atoms with Crippen molar-refractivity contribution in [1.29, 1.82) is 0 Å². The summed E-state index contributed by atoms with van der Waals surface area (Å²) in [4.78, 5) is 12.4. The molecule has 0 fully saturated rings. The molecule has 0 aliphatic carbocycles. The van der Waals surface area contributed by atoms with Crippen molar-refractivity contribution in [2.75, 3.05) is 0 Å². The number of benzene rings is 9. The Kier molecular flexibility index (Phi) is 6.63. The summed E-state index contributed by atoms with van der Waals surface area (Å²) in [6.07, 6.45) is 1.92. The minimum Gasteiger partial charge on any atom is -0.354 e. The maximum Gasteiger partial charge on any atom is 0.0786 e. The highest BCUT2D eigenvalue weighted by Gasteiger charge is 2.17. The minimum absolute atomic E-state index is 1.01. The van der Waals surface area contributed by atoms with Crippen LogP contribution in [0.2, 0.25) is 0 Å². The zero-order valence-corrected chi connectivity index (χ0v) is 30.3. The van der Waals surface area contributed by atoms with Gasteiger partial charge in [-0.15, -0.1) is 0 Å². The van der Waals surface area contributed by atoms with Crippen molar-refractivity contribution < 1.29 is 0 Å². The molecule has 0 saturated heterocycles. The van der Waals surface area contributed by atoms with Crippen LogP contribution in [0.5, 0.6) is 0 Å². The molecule has 12 rings (SSSR count). The second-order valence-electron chi connectivity index (χ2n) is 14.8. The molecule has 0 amide bonds. The number of H-pyrrole nitrogens is 2. The summed E-state index contributed by atoms with van der Waals surface area (Å²) in [7, 11) is 0. The Labute approximate surface area is 322 Å². The van der Waals surface area contributed by atoms with Crippen LogP contribution in [0.25, 0.3) is 121 Å². The molecule has 12 aromatic rings. The van der Waals surface area contributed by atoms with Gasteiger partial charge in [0, 0.05) is 60.7 Å². The quantitative estimate of drug-likeness (QED) is 0.175. The predicted molar refractivity (Wildman–Crippen MR) is 237 cm³/mol. The van der Waals surface area contributed by atoms with Gasteiger partial charge in [-0.05, 0) is 79.9 Å². The third-order valence-electron chi connectivity index (χ3n) is 11.8. The molecular formula is C53H33N3. The van der Waals surface area contributed by atoms with Crippen molar-refractivity contribution in [2.45, 2.75) is 0 Å². The highest BCUT2D eigenvalue weighted by atomic mass is 14.7. The monoisotopic (exact) mass is 711 g/mol. The van der Waals surface area contributed by atoms with Gasteiger partial charge in [0.05, 0.1) is 16.6 Å². The maximum absolute atomic E-state index is 5.05. The minimum atomic E-state index is 1.01. The largest absolute Gasteiger partial charge is 0.354 e. The average Bonchev–Trinajstić information content (AvgIpc) is 3.85. The molecule has 0 radical (unpaired) electrons. The van der Waals surface area contributed by atoms with Crippen LogP contribution in [-0.4, -0.2) is 15.0 Å². The number of aromatic amines is 2. The third-order valence-corrected chi connectivity index (χ3v) is 11.8. The first-order chi connectivity index (χ1) is 27.8. The summed E-state index contributed by atoms with van der Waals surface area (Å²) >= 11 is 0. The molecule has 0 aliphatic rings. The van der Waals surface area contributed by atoms with Gasteiger partial charge in [0.25, 0.3) is 0 Å². The molecular weight excluding hydrogens is 679 g/mol. The van der Waals surface area contributed by atoms with Crippen molar-refractivity contribution in [2.24, 2.45) is 0 Å². The number of hydrogen-bond acceptors (Lipinski definition) is 1. The van der Waals surface area contributed by atoms with Gasteiger partial charge in [0.15, 0.2) is 0 Å². The molecule has 9 aromatic carbocycles. The lowest BCUT2D eigenvalue weighted by molar-refractivity contribution is 1.43. The van der Waals surface area contributed by atoms with Crippen LogP contribution in [0.1, 0.15) is 0 Å². The van der Waals surface area contributed by atoms with Gasteiger partial charge in [0.1, 0.15) is 0 Å². The van der Waals surface area contributed by atoms with Gasteiger partial charge in [-0.1, -0.05) is 152 Å². The Hall–Kier alpha value is -7.49. The Morgan fingerprint density at radius 1 is 0.286 bits per heavy atom. The molecule has 2 N–H and O–H groups in total. The predicted octanol–water partition coefficient (Wildman–Crippen LogP) is 14.5. The van der Waals surface area contributed by atoms with E-state index in [-0.39, 0.29) is 0 Å². The summed E-state index contributed by atoms with van der Waals surface area (Å²) in [5, 5.41) is 11.0. The van der Waals surface area contributed by atoms with Gasteiger partial charge in [-0.2, -0.15) is 0 Å². The highest BCUT2D eigenvalue weighted by Crippen LogP contribution is 2.43. The first kappa shape index (κ1) is 30.9. The van der Waals surface area contributed by atoms with Crippen molar-refractivity contribution in [3.63, 3.8) is 0 Å². The molecule has 0 aliphatic heterocycles. The van der Waals surface area contributed by atoms with Crippen LogP contribution in [0.3, 0.4) is 0 Å². The van der Waals surface area contributed by atoms with Crippen LogP contribution in [-0.2, 0) is 0 Å². The maximum atomic E-state index is 5.05. The van der Waals surface area contributed by atoms with Crippen LogP contribution in [0.15, 0.2) is 188 Å². The van der Waals surface area contributed by atoms with Crippen LogP contribution >= 0.6 is 0 Å². The van der Waals surface area contributed by atoms with Crippen LogP contribution in [0.4, 0.5) is 0 Å². The summed E-state index contributed by atoms with van der Waals surface area (Å²) in [5.74, 6) is 0. The van der Waals surface area contributed by atoms with E-state index in [2.05, 4.69) is 192 Å². The molecule has 3 aromatic heterocycles. The number of aromatic nitrogens is 3. The van der Waals surface area contributed by atoms with Gasteiger partial charge in [-0.3, -0.25) is 4.98 Å². The third kappa shape index (κ3) is 4.61. The Morgan fingerprint density at radius 2 is 0.714 bits per heavy atom. The number of rotatable bonds is 4. The van der Waals surface area contributed by atoms with E-state index in [1.54, 1.807) is 0 Å². The van der Waals surface area contributed by atoms with Crippen molar-refractivity contribution in [1.82, 2.24) is 15.0 Å². The number of hydrogen-bond donors (Lipinski definition) is 2. The van der Waals surface area contributed by atoms with Crippen LogP contribution in [0, 0.1) is 0 Å². The Balaban J connectivity index is 0.983. The second kappa shape index (κ2) is 12.0. The fraction of sp³-hybridized carbons (Fsp3) is 0. The number of para-hydroxylation sites is 4. The van der Waals surface area contributed by atoms with Crippen molar-refractivity contribution >= 4 is 76.1 Å². The zero-order chi connectivity index (χ0) is 36.7. The molecule has 0 spiro atoms. The SMILES string of the molecule is c1ccc2c(c1)[nH]c1c(-c3ccc(-c4cc5c(cc(-c6ccc(-c7cccc8c7[nH]c7ccccc78)cc6)c6cccnc65)c5ccccc45)cc3)cccc12. The standard InChI is InChI=1S/C53H33N3/c1-2-11-39-38(10-1)45(34-25-21-32(22-26-34)36-14-7-16-42-40-12-3-5-19-49(40)55-52(36)42)31-48-47(39)30-46(44-18-9-29-54-51(44)48)35-27-23-33(24-28-35)37-15-8-17-43-41-13-4-6-20-50(41)56-53(37)43/h1-31,55-56H. The fourth-order valence-electron chi connectivity index (χ4n) is 9.17. The summed E-state index contributed by atoms with van der Waals surface area (Å²) in [6, 6.07) is 66.1. The first-order valence-corrected chi connectivity index (χ1v) is 19.2. The second-order valence-corrected chi connectivity index (χ2v) is 14.8. The van der Waals surface area contributed by atoms with E-state index >= 15 is 0 Å². The topological polar surface area (TPSA) is 44.5 Å². The van der Waals surface area contributed by atoms with Gasteiger partial charge >= 0.3 is 0 Å². The Morgan fingerprint density at radius 3 is 1.29 bits per heavy atom. The lowest BCUT2D eigenvalue weighted by Gasteiger charge is -2.16. The van der Waals surface area contributed by atoms with E-state index in [9.17, 15) is 0 Å². The number of nitrogens with one attached hydrogen (secondary N) is 2. The van der Waals surface area contributed by atoms with E-state index in [0.717, 1.165) is 27.3 Å². The molecule has 0 unspecified atom stereocenters. The van der Waals surface area contributed by atoms with E-state index in [1.807, 2.05) is 6.20 Å². The highest BCUT2D eigenvalue weighted by molar-refractivity contribution is 6.23. The molecule has 3 nitrogen and oxygen atoms in total. The summed E-state index contributed by atoms with van der Waals surface area (Å²) in [6.45, 7) is 0. The van der Waals surface area contributed by atoms with E-state index < -0.39 is 0 Å². The van der Waals surface area contributed by atoms with E-state index in [4.69, 9.17) is 4.98 Å². The first-order valence-electron chi connectivity index (χ1n) is 19.2. The van der Waals surface area contributed by atoms with Crippen LogP contribution < -0.4 is 0 Å². The number of pyridine rings is 1. The van der Waals surface area contributed by atoms with Crippen molar-refractivity contribution in [3.05, 3.63) is 188 Å². The molecule has 0 atom stereocenters. The Bertz CT molecular complexity index is 3280. The molecule has 3 heterocycles. The lowest BCUT2D eigenvalue weighted by atomic mass is 9.88. The van der Waals surface area contributed by atoms with Gasteiger partial charge in [-0.25, -0.2) is 0 Å². The molecule has 3 heteroatoms. The molecule has 0 bridgehead atoms. The number of fused-ring (bicyclic) bond motifs is 11.